The summed E-state index contributed by atoms with van der Waals surface area (Å²) in [6.45, 7) is 2.57. The van der Waals surface area contributed by atoms with Crippen LogP contribution < -0.4 is 5.73 Å². The molecular formula is C18H20F2N2O4. The Morgan fingerprint density at radius 3 is 2.38 bits per heavy atom. The van der Waals surface area contributed by atoms with Crippen molar-refractivity contribution in [2.24, 2.45) is 5.73 Å². The third kappa shape index (κ3) is 4.26. The summed E-state index contributed by atoms with van der Waals surface area (Å²) in [7, 11) is 0. The first-order valence-corrected chi connectivity index (χ1v) is 8.09. The number of hydrogen-bond donors (Lipinski definition) is 3. The van der Waals surface area contributed by atoms with E-state index in [9.17, 15) is 18.4 Å². The van der Waals surface area contributed by atoms with Gasteiger partial charge in [-0.1, -0.05) is 0 Å². The fourth-order valence-electron chi connectivity index (χ4n) is 3.13. The zero-order valence-corrected chi connectivity index (χ0v) is 14.2. The molecule has 1 heterocycles. The van der Waals surface area contributed by atoms with Crippen LogP contribution in [-0.4, -0.2) is 32.8 Å². The van der Waals surface area contributed by atoms with Crippen molar-refractivity contribution < 1.29 is 28.6 Å². The smallest absolute Gasteiger partial charge is 0.328 e. The van der Waals surface area contributed by atoms with E-state index in [1.54, 1.807) is 6.07 Å². The quantitative estimate of drug-likeness (QED) is 0.721. The van der Waals surface area contributed by atoms with E-state index in [0.29, 0.717) is 24.1 Å². The molecule has 6 nitrogen and oxygen atoms in total. The van der Waals surface area contributed by atoms with Gasteiger partial charge < -0.3 is 20.5 Å². The SMILES string of the molecule is C[C@H](N)Cn1c2c(c3c(F)c(F)ccc31)CCC2.O=C(O)/C=C/C(=O)O. The van der Waals surface area contributed by atoms with Gasteiger partial charge in [0.1, 0.15) is 0 Å². The van der Waals surface area contributed by atoms with E-state index in [1.165, 1.54) is 6.07 Å². The maximum atomic E-state index is 14.0. The van der Waals surface area contributed by atoms with E-state index in [-0.39, 0.29) is 6.04 Å². The Morgan fingerprint density at radius 2 is 1.85 bits per heavy atom. The Morgan fingerprint density at radius 1 is 1.23 bits per heavy atom. The lowest BCUT2D eigenvalue weighted by Gasteiger charge is -2.12. The summed E-state index contributed by atoms with van der Waals surface area (Å²) in [5, 5.41) is 16.1. The van der Waals surface area contributed by atoms with Gasteiger partial charge in [-0.3, -0.25) is 0 Å². The van der Waals surface area contributed by atoms with E-state index in [2.05, 4.69) is 4.57 Å². The molecule has 140 valence electrons. The fourth-order valence-corrected chi connectivity index (χ4v) is 3.13. The van der Waals surface area contributed by atoms with Crippen LogP contribution >= 0.6 is 0 Å². The van der Waals surface area contributed by atoms with Gasteiger partial charge in [0, 0.05) is 35.8 Å². The number of carbonyl (C=O) groups is 2. The third-order valence-electron chi connectivity index (χ3n) is 4.02. The van der Waals surface area contributed by atoms with Crippen molar-refractivity contribution in [1.82, 2.24) is 4.57 Å². The highest BCUT2D eigenvalue weighted by Crippen LogP contribution is 2.35. The van der Waals surface area contributed by atoms with Crippen molar-refractivity contribution in [3.8, 4) is 0 Å². The molecule has 0 saturated heterocycles. The van der Waals surface area contributed by atoms with Gasteiger partial charge in [0.25, 0.3) is 0 Å². The molecule has 0 amide bonds. The van der Waals surface area contributed by atoms with Gasteiger partial charge in [0.2, 0.25) is 0 Å². The summed E-state index contributed by atoms with van der Waals surface area (Å²) in [4.78, 5) is 19.1. The third-order valence-corrected chi connectivity index (χ3v) is 4.02. The number of halogens is 2. The van der Waals surface area contributed by atoms with Crippen LogP contribution in [-0.2, 0) is 29.0 Å². The summed E-state index contributed by atoms with van der Waals surface area (Å²) in [5.74, 6) is -4.00. The first kappa shape index (κ1) is 19.6. The molecule has 26 heavy (non-hydrogen) atoms. The molecule has 4 N–H and O–H groups in total. The van der Waals surface area contributed by atoms with Crippen LogP contribution in [0.5, 0.6) is 0 Å². The molecule has 1 atom stereocenters. The van der Waals surface area contributed by atoms with Crippen LogP contribution in [0.1, 0.15) is 24.6 Å². The molecule has 3 rings (SSSR count). The Hall–Kier alpha value is -2.74. The Labute approximate surface area is 148 Å². The van der Waals surface area contributed by atoms with Crippen LogP contribution in [0.15, 0.2) is 24.3 Å². The van der Waals surface area contributed by atoms with Crippen molar-refractivity contribution >= 4 is 22.8 Å². The first-order chi connectivity index (χ1) is 12.2. The predicted molar refractivity (Wildman–Crippen MR) is 91.9 cm³/mol. The van der Waals surface area contributed by atoms with Crippen LogP contribution in [0, 0.1) is 11.6 Å². The lowest BCUT2D eigenvalue weighted by molar-refractivity contribution is -0.134. The molecule has 1 aliphatic carbocycles. The number of nitrogens with zero attached hydrogens (tertiary/aromatic N) is 1. The summed E-state index contributed by atoms with van der Waals surface area (Å²) >= 11 is 0. The molecule has 1 aromatic carbocycles. The lowest BCUT2D eigenvalue weighted by atomic mass is 10.1. The van der Waals surface area contributed by atoms with Gasteiger partial charge in [0.05, 0.1) is 5.52 Å². The molecule has 0 bridgehead atoms. The number of carboxylic acids is 2. The van der Waals surface area contributed by atoms with Crippen LogP contribution in [0.2, 0.25) is 0 Å². The van der Waals surface area contributed by atoms with E-state index in [1.807, 2.05) is 6.92 Å². The maximum Gasteiger partial charge on any atom is 0.328 e. The molecule has 2 aromatic rings. The number of aryl methyl sites for hydroxylation is 1. The summed E-state index contributed by atoms with van der Waals surface area (Å²) in [6.07, 6.45) is 3.89. The molecule has 0 spiro atoms. The highest BCUT2D eigenvalue weighted by atomic mass is 19.2. The molecule has 8 heteroatoms. The topological polar surface area (TPSA) is 106 Å². The predicted octanol–water partition coefficient (Wildman–Crippen LogP) is 2.47. The maximum absolute atomic E-state index is 14.0. The number of carboxylic acid groups (broad SMARTS) is 2. The average molecular weight is 366 g/mol. The van der Waals surface area contributed by atoms with E-state index in [4.69, 9.17) is 15.9 Å². The van der Waals surface area contributed by atoms with Crippen LogP contribution in [0.25, 0.3) is 10.9 Å². The molecule has 1 aliphatic rings. The Bertz CT molecular complexity index is 856. The standard InChI is InChI=1S/C14H16F2N2.C4H4O4/c1-8(17)7-18-11-4-2-3-9(11)13-12(18)6-5-10(15)14(13)16;5-3(6)1-2-4(7)8/h5-6,8H,2-4,7,17H2,1H3;1-2H,(H,5,6)(H,7,8)/b;2-1+/t8-;/m0./s1. The second kappa shape index (κ2) is 8.09. The van der Waals surface area contributed by atoms with E-state index >= 15 is 0 Å². The molecule has 0 radical (unpaired) electrons. The lowest BCUT2D eigenvalue weighted by Crippen LogP contribution is -2.23. The molecule has 1 aromatic heterocycles. The molecule has 0 fully saturated rings. The number of aromatic nitrogens is 1. The molecule has 0 saturated carbocycles. The summed E-state index contributed by atoms with van der Waals surface area (Å²) in [5.41, 5.74) is 8.73. The van der Waals surface area contributed by atoms with Gasteiger partial charge in [-0.05, 0) is 43.9 Å². The summed E-state index contributed by atoms with van der Waals surface area (Å²) in [6, 6.07) is 2.86. The van der Waals surface area contributed by atoms with Crippen molar-refractivity contribution in [3.05, 3.63) is 47.2 Å². The highest BCUT2D eigenvalue weighted by Gasteiger charge is 2.25. The second-order valence-electron chi connectivity index (χ2n) is 6.13. The first-order valence-electron chi connectivity index (χ1n) is 8.09. The minimum Gasteiger partial charge on any atom is -0.478 e. The molecule has 0 unspecified atom stereocenters. The van der Waals surface area contributed by atoms with Gasteiger partial charge in [-0.15, -0.1) is 0 Å². The largest absolute Gasteiger partial charge is 0.478 e. The highest BCUT2D eigenvalue weighted by molar-refractivity contribution is 5.89. The number of nitrogens with two attached hydrogens (primary N) is 1. The molecular weight excluding hydrogens is 346 g/mol. The minimum absolute atomic E-state index is 0.00147. The fraction of sp³-hybridized carbons (Fsp3) is 0.333. The Kier molecular flexibility index (Phi) is 6.10. The second-order valence-corrected chi connectivity index (χ2v) is 6.13. The Balaban J connectivity index is 0.000000260. The van der Waals surface area contributed by atoms with Crippen LogP contribution in [0.3, 0.4) is 0 Å². The number of aliphatic carboxylic acids is 2. The van der Waals surface area contributed by atoms with Gasteiger partial charge >= 0.3 is 11.9 Å². The monoisotopic (exact) mass is 366 g/mol. The summed E-state index contributed by atoms with van der Waals surface area (Å²) < 4.78 is 29.4. The van der Waals surface area contributed by atoms with Gasteiger partial charge in [-0.2, -0.15) is 0 Å². The van der Waals surface area contributed by atoms with Gasteiger partial charge in [-0.25, -0.2) is 18.4 Å². The van der Waals surface area contributed by atoms with E-state index < -0.39 is 23.6 Å². The molecule has 0 aliphatic heterocycles. The van der Waals surface area contributed by atoms with Crippen molar-refractivity contribution in [3.63, 3.8) is 0 Å². The van der Waals surface area contributed by atoms with E-state index in [0.717, 1.165) is 36.0 Å². The zero-order valence-electron chi connectivity index (χ0n) is 14.2. The number of fused-ring (bicyclic) bond motifs is 3. The van der Waals surface area contributed by atoms with Crippen molar-refractivity contribution in [2.45, 2.75) is 38.8 Å². The van der Waals surface area contributed by atoms with Gasteiger partial charge in [0.15, 0.2) is 11.6 Å². The van der Waals surface area contributed by atoms with Crippen molar-refractivity contribution in [2.75, 3.05) is 0 Å². The average Bonchev–Trinajstić information content (AvgIpc) is 3.12. The van der Waals surface area contributed by atoms with Crippen molar-refractivity contribution in [1.29, 1.82) is 0 Å². The number of hydrogen-bond acceptors (Lipinski definition) is 3. The normalized spacial score (nSPS) is 14.2. The number of rotatable bonds is 4. The zero-order chi connectivity index (χ0) is 19.4. The minimum atomic E-state index is -1.26. The number of benzene rings is 1. The van der Waals surface area contributed by atoms with Crippen LogP contribution in [0.4, 0.5) is 8.78 Å².